The Morgan fingerprint density at radius 2 is 0.839 bits per heavy atom. The van der Waals surface area contributed by atoms with Gasteiger partial charge < -0.3 is 14.9 Å². The van der Waals surface area contributed by atoms with E-state index < -0.39 is 69.2 Å². The lowest BCUT2D eigenvalue weighted by molar-refractivity contribution is -0.205. The maximum Gasteiger partial charge on any atom is 0.321 e. The van der Waals surface area contributed by atoms with Crippen molar-refractivity contribution < 1.29 is 34.1 Å². The fourth-order valence-corrected chi connectivity index (χ4v) is 6.11. The maximum atomic E-state index is 13.8. The molecule has 0 fully saturated rings. The minimum absolute atomic E-state index is 0.634. The molecule has 0 aliphatic carbocycles. The molecule has 0 saturated carbocycles. The fraction of sp³-hybridized carbons (Fsp3) is 0.833. The zero-order valence-corrected chi connectivity index (χ0v) is 21.3. The van der Waals surface area contributed by atoms with Gasteiger partial charge in [-0.3, -0.25) is 19.2 Å². The Hall–Kier alpha value is -1.92. The van der Waals surface area contributed by atoms with E-state index in [1.165, 1.54) is 0 Å². The molecule has 0 saturated heterocycles. The molecule has 2 N–H and O–H groups in total. The third kappa shape index (κ3) is 5.29. The molecule has 0 aromatic rings. The molecule has 0 aromatic carbocycles. The van der Waals surface area contributed by atoms with Crippen molar-refractivity contribution in [1.29, 1.82) is 0 Å². The van der Waals surface area contributed by atoms with Crippen LogP contribution in [0.1, 0.15) is 95.9 Å². The van der Waals surface area contributed by atoms with Crippen LogP contribution in [-0.2, 0) is 23.9 Å². The molecule has 180 valence electrons. The Bertz CT molecular complexity index is 667. The minimum Gasteiger partial charge on any atom is -0.481 e. The van der Waals surface area contributed by atoms with E-state index in [0.29, 0.717) is 0 Å². The topological polar surface area (TPSA) is 118 Å². The van der Waals surface area contributed by atoms with Crippen LogP contribution in [0.15, 0.2) is 0 Å². The van der Waals surface area contributed by atoms with E-state index in [9.17, 15) is 29.4 Å². The summed E-state index contributed by atoms with van der Waals surface area (Å²) in [7, 11) is 0. The standard InChI is InChI=1S/C24H42O7/c1-19(2,3)23(13-15(25)26,14-16(27)28)17(29)31-18(30)24(20(4,5)6,21(7,8)9)22(10,11)12/h13-14H2,1-12H3,(H,25,26)(H,27,28). The van der Waals surface area contributed by atoms with Crippen molar-refractivity contribution in [3.05, 3.63) is 0 Å². The summed E-state index contributed by atoms with van der Waals surface area (Å²) in [5.41, 5.74) is -6.06. The third-order valence-electron chi connectivity index (χ3n) is 6.60. The number of carboxylic acid groups (broad SMARTS) is 2. The number of esters is 2. The first-order valence-electron chi connectivity index (χ1n) is 10.6. The van der Waals surface area contributed by atoms with Gasteiger partial charge in [-0.25, -0.2) is 0 Å². The van der Waals surface area contributed by atoms with Gasteiger partial charge in [-0.2, -0.15) is 0 Å². The number of carbonyl (C=O) groups excluding carboxylic acids is 2. The molecule has 0 unspecified atom stereocenters. The van der Waals surface area contributed by atoms with Crippen LogP contribution in [-0.4, -0.2) is 34.1 Å². The molecular weight excluding hydrogens is 400 g/mol. The molecule has 31 heavy (non-hydrogen) atoms. The highest BCUT2D eigenvalue weighted by molar-refractivity contribution is 5.96. The number of carbonyl (C=O) groups is 4. The van der Waals surface area contributed by atoms with Crippen LogP contribution in [0.25, 0.3) is 0 Å². The van der Waals surface area contributed by atoms with Gasteiger partial charge in [0.2, 0.25) is 0 Å². The first-order valence-corrected chi connectivity index (χ1v) is 10.6. The summed E-state index contributed by atoms with van der Waals surface area (Å²) in [5, 5.41) is 18.9. The second-order valence-electron chi connectivity index (χ2n) is 12.7. The molecule has 0 spiro atoms. The zero-order chi connectivity index (χ0) is 25.4. The van der Waals surface area contributed by atoms with Crippen LogP contribution >= 0.6 is 0 Å². The van der Waals surface area contributed by atoms with Gasteiger partial charge in [0.25, 0.3) is 0 Å². The lowest BCUT2D eigenvalue weighted by Gasteiger charge is -2.58. The molecule has 7 heteroatoms. The molecule has 0 atom stereocenters. The van der Waals surface area contributed by atoms with Gasteiger partial charge >= 0.3 is 23.9 Å². The Labute approximate surface area is 186 Å². The van der Waals surface area contributed by atoms with Gasteiger partial charge in [-0.1, -0.05) is 83.1 Å². The summed E-state index contributed by atoms with van der Waals surface area (Å²) in [6.45, 7) is 21.9. The smallest absolute Gasteiger partial charge is 0.321 e. The van der Waals surface area contributed by atoms with Gasteiger partial charge in [0.15, 0.2) is 0 Å². The molecular formula is C24H42O7. The van der Waals surface area contributed by atoms with Gasteiger partial charge in [0, 0.05) is 0 Å². The number of hydrogen-bond acceptors (Lipinski definition) is 5. The molecule has 0 bridgehead atoms. The number of carboxylic acids is 2. The van der Waals surface area contributed by atoms with Crippen LogP contribution in [0.2, 0.25) is 0 Å². The second kappa shape index (κ2) is 8.55. The zero-order valence-electron chi connectivity index (χ0n) is 21.3. The van der Waals surface area contributed by atoms with Gasteiger partial charge in [0.05, 0.1) is 23.7 Å². The molecule has 0 aliphatic rings. The molecule has 0 radical (unpaired) electrons. The van der Waals surface area contributed by atoms with E-state index in [-0.39, 0.29) is 0 Å². The van der Waals surface area contributed by atoms with Crippen LogP contribution in [0.4, 0.5) is 0 Å². The van der Waals surface area contributed by atoms with Crippen molar-refractivity contribution in [3.63, 3.8) is 0 Å². The summed E-state index contributed by atoms with van der Waals surface area (Å²) >= 11 is 0. The van der Waals surface area contributed by atoms with E-state index in [1.54, 1.807) is 20.8 Å². The Balaban J connectivity index is 6.84. The highest BCUT2D eigenvalue weighted by atomic mass is 16.6. The molecule has 0 rings (SSSR count). The average molecular weight is 443 g/mol. The van der Waals surface area contributed by atoms with E-state index >= 15 is 0 Å². The normalized spacial score (nSPS) is 14.2. The first kappa shape index (κ1) is 29.1. The monoisotopic (exact) mass is 442 g/mol. The summed E-state index contributed by atoms with van der Waals surface area (Å²) in [6, 6.07) is 0. The van der Waals surface area contributed by atoms with Crippen LogP contribution < -0.4 is 0 Å². The molecule has 0 aromatic heterocycles. The molecule has 0 amide bonds. The lowest BCUT2D eigenvalue weighted by atomic mass is 9.44. The largest absolute Gasteiger partial charge is 0.481 e. The van der Waals surface area contributed by atoms with Crippen molar-refractivity contribution in [2.75, 3.05) is 0 Å². The van der Waals surface area contributed by atoms with E-state index in [2.05, 4.69) is 0 Å². The van der Waals surface area contributed by atoms with Crippen LogP contribution in [0, 0.1) is 32.5 Å². The number of aliphatic carboxylic acids is 2. The summed E-state index contributed by atoms with van der Waals surface area (Å²) < 4.78 is 5.48. The second-order valence-corrected chi connectivity index (χ2v) is 12.7. The molecule has 7 nitrogen and oxygen atoms in total. The maximum absolute atomic E-state index is 13.8. The van der Waals surface area contributed by atoms with Crippen molar-refractivity contribution in [1.82, 2.24) is 0 Å². The summed E-state index contributed by atoms with van der Waals surface area (Å²) in [4.78, 5) is 50.5. The van der Waals surface area contributed by atoms with Crippen LogP contribution in [0.3, 0.4) is 0 Å². The summed E-state index contributed by atoms with van der Waals surface area (Å²) in [5.74, 6) is -4.56. The van der Waals surface area contributed by atoms with Crippen LogP contribution in [0.5, 0.6) is 0 Å². The van der Waals surface area contributed by atoms with Crippen molar-refractivity contribution >= 4 is 23.9 Å². The first-order chi connectivity index (χ1) is 13.4. The Kier molecular flexibility index (Phi) is 8.02. The highest BCUT2D eigenvalue weighted by Crippen LogP contribution is 2.62. The highest BCUT2D eigenvalue weighted by Gasteiger charge is 2.65. The van der Waals surface area contributed by atoms with Gasteiger partial charge in [-0.15, -0.1) is 0 Å². The number of hydrogen-bond donors (Lipinski definition) is 2. The lowest BCUT2D eigenvalue weighted by Crippen LogP contribution is -2.61. The molecule has 0 heterocycles. The van der Waals surface area contributed by atoms with Gasteiger partial charge in [-0.05, 0) is 21.7 Å². The predicted molar refractivity (Wildman–Crippen MR) is 118 cm³/mol. The van der Waals surface area contributed by atoms with Crippen molar-refractivity contribution in [2.45, 2.75) is 95.9 Å². The predicted octanol–water partition coefficient (Wildman–Crippen LogP) is 5.16. The Morgan fingerprint density at radius 3 is 1.03 bits per heavy atom. The average Bonchev–Trinajstić information content (AvgIpc) is 2.38. The third-order valence-corrected chi connectivity index (χ3v) is 6.60. The number of ether oxygens (including phenoxy) is 1. The van der Waals surface area contributed by atoms with Gasteiger partial charge in [0.1, 0.15) is 0 Å². The Morgan fingerprint density at radius 1 is 0.548 bits per heavy atom. The fourth-order valence-electron chi connectivity index (χ4n) is 6.11. The van der Waals surface area contributed by atoms with E-state index in [0.717, 1.165) is 0 Å². The quantitative estimate of drug-likeness (QED) is 0.430. The number of rotatable bonds is 6. The van der Waals surface area contributed by atoms with Crippen molar-refractivity contribution in [3.8, 4) is 0 Å². The summed E-state index contributed by atoms with van der Waals surface area (Å²) in [6.07, 6.45) is -1.52. The van der Waals surface area contributed by atoms with E-state index in [1.807, 2.05) is 62.3 Å². The minimum atomic E-state index is -1.92. The SMILES string of the molecule is CC(C)(C)C(CC(=O)O)(CC(=O)O)C(=O)OC(=O)C(C(C)(C)C)(C(C)(C)C)C(C)(C)C. The molecule has 0 aliphatic heterocycles. The van der Waals surface area contributed by atoms with E-state index in [4.69, 9.17) is 4.74 Å². The van der Waals surface area contributed by atoms with Crippen molar-refractivity contribution in [2.24, 2.45) is 32.5 Å².